The van der Waals surface area contributed by atoms with Crippen LogP contribution in [0.25, 0.3) is 0 Å². The summed E-state index contributed by atoms with van der Waals surface area (Å²) in [7, 11) is 0. The van der Waals surface area contributed by atoms with Crippen molar-refractivity contribution >= 4 is 0 Å². The van der Waals surface area contributed by atoms with Crippen LogP contribution < -0.4 is 4.74 Å². The molecule has 2 aromatic carbocycles. The highest BCUT2D eigenvalue weighted by Crippen LogP contribution is 2.24. The maximum Gasteiger partial charge on any atom is 0.122 e. The Morgan fingerprint density at radius 1 is 1.00 bits per heavy atom. The van der Waals surface area contributed by atoms with Crippen LogP contribution in [0.4, 0.5) is 0 Å². The summed E-state index contributed by atoms with van der Waals surface area (Å²) in [5.74, 6) is 1.29. The average Bonchev–Trinajstić information content (AvgIpc) is 2.53. The van der Waals surface area contributed by atoms with Gasteiger partial charge >= 0.3 is 0 Å². The fraction of sp³-hybridized carbons (Fsp3) is 0.381. The van der Waals surface area contributed by atoms with Crippen molar-refractivity contribution < 1.29 is 4.74 Å². The standard InChI is InChI=1S/C21H25NO/c1-15(2)18-6-8-19(9-7-18)20(14-22)11-12-23-21-10-5-16(3)13-17(21)4/h5-10,13,15,20H,11-12H2,1-4H3. The molecule has 0 amide bonds. The second-order valence-electron chi connectivity index (χ2n) is 6.41. The summed E-state index contributed by atoms with van der Waals surface area (Å²) >= 11 is 0. The van der Waals surface area contributed by atoms with Gasteiger partial charge in [0.2, 0.25) is 0 Å². The third kappa shape index (κ3) is 4.60. The Kier molecular flexibility index (Phi) is 5.82. The minimum absolute atomic E-state index is 0.123. The summed E-state index contributed by atoms with van der Waals surface area (Å²) in [5, 5.41) is 9.44. The Morgan fingerprint density at radius 3 is 2.22 bits per heavy atom. The number of nitriles is 1. The van der Waals surface area contributed by atoms with E-state index >= 15 is 0 Å². The van der Waals surface area contributed by atoms with Crippen LogP contribution in [0.15, 0.2) is 42.5 Å². The minimum Gasteiger partial charge on any atom is -0.493 e. The van der Waals surface area contributed by atoms with Crippen LogP contribution in [-0.4, -0.2) is 6.61 Å². The molecule has 0 saturated heterocycles. The summed E-state index contributed by atoms with van der Waals surface area (Å²) in [6.07, 6.45) is 0.699. The molecule has 23 heavy (non-hydrogen) atoms. The normalized spacial score (nSPS) is 12.0. The number of ether oxygens (including phenoxy) is 1. The van der Waals surface area contributed by atoms with E-state index < -0.39 is 0 Å². The van der Waals surface area contributed by atoms with Gasteiger partial charge in [0.15, 0.2) is 0 Å². The molecule has 120 valence electrons. The molecule has 2 rings (SSSR count). The predicted octanol–water partition coefficient (Wildman–Crippen LogP) is 5.50. The second kappa shape index (κ2) is 7.83. The van der Waals surface area contributed by atoms with Crippen LogP contribution in [0, 0.1) is 25.2 Å². The SMILES string of the molecule is Cc1ccc(OCCC(C#N)c2ccc(C(C)C)cc2)c(C)c1. The van der Waals surface area contributed by atoms with Gasteiger partial charge in [-0.25, -0.2) is 0 Å². The molecule has 1 unspecified atom stereocenters. The van der Waals surface area contributed by atoms with E-state index in [0.717, 1.165) is 16.9 Å². The zero-order valence-electron chi connectivity index (χ0n) is 14.5. The average molecular weight is 307 g/mol. The smallest absolute Gasteiger partial charge is 0.122 e. The fourth-order valence-electron chi connectivity index (χ4n) is 2.67. The van der Waals surface area contributed by atoms with E-state index in [-0.39, 0.29) is 5.92 Å². The molecule has 2 heteroatoms. The number of benzene rings is 2. The van der Waals surface area contributed by atoms with E-state index in [2.05, 4.69) is 70.2 Å². The van der Waals surface area contributed by atoms with Crippen molar-refractivity contribution in [1.82, 2.24) is 0 Å². The topological polar surface area (TPSA) is 33.0 Å². The van der Waals surface area contributed by atoms with Gasteiger partial charge in [-0.2, -0.15) is 5.26 Å². The van der Waals surface area contributed by atoms with Crippen molar-refractivity contribution in [2.75, 3.05) is 6.61 Å². The molecule has 0 N–H and O–H groups in total. The lowest BCUT2D eigenvalue weighted by molar-refractivity contribution is 0.304. The van der Waals surface area contributed by atoms with Gasteiger partial charge in [-0.1, -0.05) is 55.8 Å². The molecule has 0 aliphatic heterocycles. The van der Waals surface area contributed by atoms with Gasteiger partial charge in [-0.05, 0) is 42.5 Å². The highest BCUT2D eigenvalue weighted by Gasteiger charge is 2.12. The van der Waals surface area contributed by atoms with Gasteiger partial charge in [0.25, 0.3) is 0 Å². The Morgan fingerprint density at radius 2 is 1.65 bits per heavy atom. The molecule has 0 aliphatic rings. The quantitative estimate of drug-likeness (QED) is 0.705. The molecular formula is C21H25NO. The van der Waals surface area contributed by atoms with Crippen molar-refractivity contribution in [2.24, 2.45) is 0 Å². The molecule has 0 saturated carbocycles. The van der Waals surface area contributed by atoms with Crippen LogP contribution >= 0.6 is 0 Å². The van der Waals surface area contributed by atoms with Crippen molar-refractivity contribution in [3.8, 4) is 11.8 Å². The molecule has 0 aromatic heterocycles. The second-order valence-corrected chi connectivity index (χ2v) is 6.41. The van der Waals surface area contributed by atoms with Crippen molar-refractivity contribution in [3.05, 3.63) is 64.7 Å². The zero-order chi connectivity index (χ0) is 16.8. The summed E-state index contributed by atoms with van der Waals surface area (Å²) in [6, 6.07) is 16.9. The first-order valence-electron chi connectivity index (χ1n) is 8.20. The van der Waals surface area contributed by atoms with E-state index in [9.17, 15) is 5.26 Å². The van der Waals surface area contributed by atoms with Gasteiger partial charge in [0.1, 0.15) is 5.75 Å². The zero-order valence-corrected chi connectivity index (χ0v) is 14.5. The molecule has 0 fully saturated rings. The van der Waals surface area contributed by atoms with Crippen LogP contribution in [0.1, 0.15) is 54.4 Å². The van der Waals surface area contributed by atoms with E-state index in [1.54, 1.807) is 0 Å². The first kappa shape index (κ1) is 17.1. The third-order valence-corrected chi connectivity index (χ3v) is 4.16. The summed E-state index contributed by atoms with van der Waals surface area (Å²) < 4.78 is 5.86. The number of aryl methyl sites for hydroxylation is 2. The molecule has 0 radical (unpaired) electrons. The Bertz CT molecular complexity index is 680. The van der Waals surface area contributed by atoms with Crippen LogP contribution in [-0.2, 0) is 0 Å². The van der Waals surface area contributed by atoms with E-state index in [4.69, 9.17) is 4.74 Å². The monoisotopic (exact) mass is 307 g/mol. The molecular weight excluding hydrogens is 282 g/mol. The maximum absolute atomic E-state index is 9.44. The van der Waals surface area contributed by atoms with Crippen molar-refractivity contribution in [3.63, 3.8) is 0 Å². The van der Waals surface area contributed by atoms with Gasteiger partial charge in [-0.15, -0.1) is 0 Å². The molecule has 2 aromatic rings. The van der Waals surface area contributed by atoms with E-state index in [0.29, 0.717) is 18.9 Å². The summed E-state index contributed by atoms with van der Waals surface area (Å²) in [6.45, 7) is 9.02. The van der Waals surface area contributed by atoms with Crippen LogP contribution in [0.5, 0.6) is 5.75 Å². The minimum atomic E-state index is -0.123. The molecule has 2 nitrogen and oxygen atoms in total. The summed E-state index contributed by atoms with van der Waals surface area (Å²) in [4.78, 5) is 0. The molecule has 0 spiro atoms. The first-order valence-corrected chi connectivity index (χ1v) is 8.20. The number of rotatable bonds is 6. The van der Waals surface area contributed by atoms with Crippen LogP contribution in [0.2, 0.25) is 0 Å². The van der Waals surface area contributed by atoms with Gasteiger partial charge in [-0.3, -0.25) is 0 Å². The van der Waals surface area contributed by atoms with Gasteiger partial charge in [0.05, 0.1) is 18.6 Å². The van der Waals surface area contributed by atoms with Crippen molar-refractivity contribution in [1.29, 1.82) is 5.26 Å². The third-order valence-electron chi connectivity index (χ3n) is 4.16. The number of hydrogen-bond donors (Lipinski definition) is 0. The van der Waals surface area contributed by atoms with E-state index in [1.165, 1.54) is 11.1 Å². The first-order chi connectivity index (χ1) is 11.0. The Balaban J connectivity index is 1.96. The Labute approximate surface area is 139 Å². The molecule has 0 aliphatic carbocycles. The lowest BCUT2D eigenvalue weighted by atomic mass is 9.94. The highest BCUT2D eigenvalue weighted by molar-refractivity contribution is 5.35. The molecule has 1 atom stereocenters. The molecule has 0 bridgehead atoms. The largest absolute Gasteiger partial charge is 0.493 e. The van der Waals surface area contributed by atoms with Gasteiger partial charge in [0, 0.05) is 6.42 Å². The van der Waals surface area contributed by atoms with E-state index in [1.807, 2.05) is 6.07 Å². The lowest BCUT2D eigenvalue weighted by Gasteiger charge is -2.13. The van der Waals surface area contributed by atoms with Crippen LogP contribution in [0.3, 0.4) is 0 Å². The lowest BCUT2D eigenvalue weighted by Crippen LogP contribution is -2.05. The summed E-state index contributed by atoms with van der Waals surface area (Å²) in [5.41, 5.74) is 4.74. The van der Waals surface area contributed by atoms with Crippen molar-refractivity contribution in [2.45, 2.75) is 46.0 Å². The predicted molar refractivity (Wildman–Crippen MR) is 94.9 cm³/mol. The van der Waals surface area contributed by atoms with Gasteiger partial charge < -0.3 is 4.74 Å². The highest BCUT2D eigenvalue weighted by atomic mass is 16.5. The molecule has 0 heterocycles. The Hall–Kier alpha value is -2.27. The maximum atomic E-state index is 9.44. The number of nitrogens with zero attached hydrogens (tertiary/aromatic N) is 1. The number of hydrogen-bond acceptors (Lipinski definition) is 2. The fourth-order valence-corrected chi connectivity index (χ4v) is 2.67.